The summed E-state index contributed by atoms with van der Waals surface area (Å²) in [5, 5.41) is -0.0376. The molecule has 2 N–H and O–H groups in total. The van der Waals surface area contributed by atoms with E-state index in [1.807, 2.05) is 0 Å². The van der Waals surface area contributed by atoms with Crippen LogP contribution in [0.2, 0.25) is 0 Å². The lowest BCUT2D eigenvalue weighted by Crippen LogP contribution is -2.32. The second kappa shape index (κ2) is 5.41. The average molecular weight is 325 g/mol. The second-order valence-electron chi connectivity index (χ2n) is 5.34. The molecule has 1 aliphatic heterocycles. The first-order valence-electron chi connectivity index (χ1n) is 6.73. The Morgan fingerprint density at radius 1 is 1.36 bits per heavy atom. The van der Waals surface area contributed by atoms with Gasteiger partial charge in [-0.1, -0.05) is 0 Å². The molecule has 9 heteroatoms. The van der Waals surface area contributed by atoms with Crippen LogP contribution in [-0.4, -0.2) is 46.4 Å². The van der Waals surface area contributed by atoms with Crippen molar-refractivity contribution in [2.24, 2.45) is 12.8 Å². The standard InChI is InChI=1S/C13H16FN5O2S/c1-18-7-12(17-8-18)22(20,21)19-5-9(11(15)6-19)13-10(14)3-2-4-16-13/h2-4,7-9,11H,5-6,15H2,1H3/t9-,11-/m1/s1. The molecule has 3 heterocycles. The van der Waals surface area contributed by atoms with Crippen LogP contribution in [0.4, 0.5) is 4.39 Å². The zero-order valence-electron chi connectivity index (χ0n) is 11.9. The first-order valence-corrected chi connectivity index (χ1v) is 8.17. The number of sulfonamides is 1. The van der Waals surface area contributed by atoms with Gasteiger partial charge in [-0.3, -0.25) is 4.98 Å². The molecular formula is C13H16FN5O2S. The number of aryl methyl sites for hydroxylation is 1. The predicted molar refractivity (Wildman–Crippen MR) is 76.9 cm³/mol. The fourth-order valence-corrected chi connectivity index (χ4v) is 4.07. The Labute approximate surface area is 127 Å². The number of nitrogens with zero attached hydrogens (tertiary/aromatic N) is 4. The van der Waals surface area contributed by atoms with Gasteiger partial charge < -0.3 is 10.3 Å². The molecule has 2 atom stereocenters. The Morgan fingerprint density at radius 2 is 2.14 bits per heavy atom. The normalized spacial score (nSPS) is 23.0. The van der Waals surface area contributed by atoms with Crippen LogP contribution >= 0.6 is 0 Å². The number of hydrogen-bond donors (Lipinski definition) is 1. The SMILES string of the molecule is Cn1cnc(S(=O)(=O)N2C[C@@H](N)[C@H](c3ncccc3F)C2)c1. The smallest absolute Gasteiger partial charge is 0.262 e. The van der Waals surface area contributed by atoms with Gasteiger partial charge in [-0.2, -0.15) is 4.31 Å². The Kier molecular flexibility index (Phi) is 3.71. The molecule has 1 saturated heterocycles. The van der Waals surface area contributed by atoms with Crippen molar-refractivity contribution >= 4 is 10.0 Å². The van der Waals surface area contributed by atoms with Gasteiger partial charge in [0.15, 0.2) is 5.03 Å². The summed E-state index contributed by atoms with van der Waals surface area (Å²) in [6.07, 6.45) is 4.31. The minimum atomic E-state index is -3.73. The number of nitrogens with two attached hydrogens (primary N) is 1. The van der Waals surface area contributed by atoms with Crippen LogP contribution in [0.25, 0.3) is 0 Å². The van der Waals surface area contributed by atoms with Crippen molar-refractivity contribution in [3.63, 3.8) is 0 Å². The summed E-state index contributed by atoms with van der Waals surface area (Å²) in [5.74, 6) is -0.945. The third-order valence-electron chi connectivity index (χ3n) is 3.76. The third kappa shape index (κ3) is 2.51. The lowest BCUT2D eigenvalue weighted by molar-refractivity contribution is 0.465. The summed E-state index contributed by atoms with van der Waals surface area (Å²) in [7, 11) is -2.05. The van der Waals surface area contributed by atoms with E-state index in [0.29, 0.717) is 0 Å². The van der Waals surface area contributed by atoms with Crippen molar-refractivity contribution in [2.45, 2.75) is 17.0 Å². The second-order valence-corrected chi connectivity index (χ2v) is 7.23. The van der Waals surface area contributed by atoms with E-state index in [1.165, 1.54) is 35.2 Å². The van der Waals surface area contributed by atoms with Crippen molar-refractivity contribution in [3.8, 4) is 0 Å². The Morgan fingerprint density at radius 3 is 2.77 bits per heavy atom. The van der Waals surface area contributed by atoms with Gasteiger partial charge in [0.2, 0.25) is 0 Å². The zero-order valence-corrected chi connectivity index (χ0v) is 12.7. The predicted octanol–water partition coefficient (Wildman–Crippen LogP) is 0.0696. The Bertz CT molecular complexity index is 791. The maximum atomic E-state index is 13.9. The van der Waals surface area contributed by atoms with Crippen molar-refractivity contribution in [1.82, 2.24) is 18.8 Å². The molecule has 0 saturated carbocycles. The summed E-state index contributed by atoms with van der Waals surface area (Å²) in [6.45, 7) is 0.202. The monoisotopic (exact) mass is 325 g/mol. The number of halogens is 1. The highest BCUT2D eigenvalue weighted by Crippen LogP contribution is 2.30. The number of pyridine rings is 1. The van der Waals surface area contributed by atoms with Gasteiger partial charge in [0.05, 0.1) is 12.0 Å². The van der Waals surface area contributed by atoms with E-state index in [4.69, 9.17) is 5.73 Å². The van der Waals surface area contributed by atoms with Gasteiger partial charge in [0.1, 0.15) is 5.82 Å². The fraction of sp³-hybridized carbons (Fsp3) is 0.385. The molecule has 118 valence electrons. The first-order chi connectivity index (χ1) is 10.4. The molecule has 3 rings (SSSR count). The van der Waals surface area contributed by atoms with E-state index in [9.17, 15) is 12.8 Å². The summed E-state index contributed by atoms with van der Waals surface area (Å²) in [4.78, 5) is 7.88. The van der Waals surface area contributed by atoms with E-state index in [-0.39, 0.29) is 23.8 Å². The number of rotatable bonds is 3. The van der Waals surface area contributed by atoms with E-state index in [0.717, 1.165) is 0 Å². The molecule has 2 aromatic heterocycles. The number of hydrogen-bond acceptors (Lipinski definition) is 5. The molecule has 1 fully saturated rings. The summed E-state index contributed by atoms with van der Waals surface area (Å²) in [5.41, 5.74) is 6.21. The van der Waals surface area contributed by atoms with E-state index in [2.05, 4.69) is 9.97 Å². The largest absolute Gasteiger partial charge is 0.339 e. The fourth-order valence-electron chi connectivity index (χ4n) is 2.60. The number of imidazole rings is 1. The van der Waals surface area contributed by atoms with Crippen molar-refractivity contribution in [1.29, 1.82) is 0 Å². The average Bonchev–Trinajstić information content (AvgIpc) is 3.06. The molecule has 0 bridgehead atoms. The molecule has 0 spiro atoms. The molecule has 7 nitrogen and oxygen atoms in total. The van der Waals surface area contributed by atoms with Gasteiger partial charge in [0, 0.05) is 44.5 Å². The van der Waals surface area contributed by atoms with Crippen molar-refractivity contribution in [2.75, 3.05) is 13.1 Å². The van der Waals surface area contributed by atoms with Crippen LogP contribution < -0.4 is 5.73 Å². The lowest BCUT2D eigenvalue weighted by Gasteiger charge is -2.15. The molecule has 0 aromatic carbocycles. The highest BCUT2D eigenvalue weighted by atomic mass is 32.2. The van der Waals surface area contributed by atoms with Crippen LogP contribution in [0.5, 0.6) is 0 Å². The summed E-state index contributed by atoms with van der Waals surface area (Å²) >= 11 is 0. The van der Waals surface area contributed by atoms with Crippen LogP contribution in [0, 0.1) is 5.82 Å². The van der Waals surface area contributed by atoms with Crippen LogP contribution in [-0.2, 0) is 17.1 Å². The minimum Gasteiger partial charge on any atom is -0.339 e. The highest BCUT2D eigenvalue weighted by molar-refractivity contribution is 7.89. The van der Waals surface area contributed by atoms with E-state index >= 15 is 0 Å². The maximum Gasteiger partial charge on any atom is 0.262 e. The molecule has 1 aliphatic rings. The third-order valence-corrected chi connectivity index (χ3v) is 5.47. The highest BCUT2D eigenvalue weighted by Gasteiger charge is 2.40. The Balaban J connectivity index is 1.89. The zero-order chi connectivity index (χ0) is 15.9. The first kappa shape index (κ1) is 15.1. The molecule has 22 heavy (non-hydrogen) atoms. The Hall–Kier alpha value is -1.84. The van der Waals surface area contributed by atoms with E-state index in [1.54, 1.807) is 11.6 Å². The molecule has 0 amide bonds. The molecule has 0 radical (unpaired) electrons. The molecule has 2 aromatic rings. The molecule has 0 unspecified atom stereocenters. The summed E-state index contributed by atoms with van der Waals surface area (Å²) < 4.78 is 41.7. The number of aromatic nitrogens is 3. The van der Waals surface area contributed by atoms with Crippen LogP contribution in [0.1, 0.15) is 11.6 Å². The van der Waals surface area contributed by atoms with Gasteiger partial charge in [-0.15, -0.1) is 0 Å². The van der Waals surface area contributed by atoms with Crippen LogP contribution in [0.15, 0.2) is 35.9 Å². The van der Waals surface area contributed by atoms with Gasteiger partial charge >= 0.3 is 0 Å². The van der Waals surface area contributed by atoms with Crippen molar-refractivity contribution < 1.29 is 12.8 Å². The topological polar surface area (TPSA) is 94.1 Å². The molecular weight excluding hydrogens is 309 g/mol. The van der Waals surface area contributed by atoms with Gasteiger partial charge in [0.25, 0.3) is 10.0 Å². The van der Waals surface area contributed by atoms with E-state index < -0.39 is 27.8 Å². The van der Waals surface area contributed by atoms with Crippen molar-refractivity contribution in [3.05, 3.63) is 42.4 Å². The van der Waals surface area contributed by atoms with Gasteiger partial charge in [-0.25, -0.2) is 17.8 Å². The van der Waals surface area contributed by atoms with Gasteiger partial charge in [-0.05, 0) is 12.1 Å². The van der Waals surface area contributed by atoms with Crippen LogP contribution in [0.3, 0.4) is 0 Å². The minimum absolute atomic E-state index is 0.0376. The quantitative estimate of drug-likeness (QED) is 0.862. The molecule has 0 aliphatic carbocycles. The summed E-state index contributed by atoms with van der Waals surface area (Å²) in [6, 6.07) is 2.27. The maximum absolute atomic E-state index is 13.9. The lowest BCUT2D eigenvalue weighted by atomic mass is 9.99.